The molecule has 0 atom stereocenters. The molecule has 0 bridgehead atoms. The third-order valence-electron chi connectivity index (χ3n) is 3.81. The van der Waals surface area contributed by atoms with Gasteiger partial charge in [0.25, 0.3) is 0 Å². The number of esters is 1. The molecule has 2 aromatic rings. The smallest absolute Gasteiger partial charge is 0.314 e. The van der Waals surface area contributed by atoms with E-state index in [4.69, 9.17) is 14.9 Å². The molecular weight excluding hydrogens is 304 g/mol. The Morgan fingerprint density at radius 1 is 1.25 bits per heavy atom. The first-order chi connectivity index (χ1) is 11.4. The standard InChI is InChI=1S/C19H22N2O3/c1-13-9-14(5-6-15(13)10-20)16-7-8-17(21-11-16)24-12-19(2,3)18(22)23-4/h5-11,20H,12H2,1-4H3. The van der Waals surface area contributed by atoms with Gasteiger partial charge < -0.3 is 14.9 Å². The highest BCUT2D eigenvalue weighted by Gasteiger charge is 2.29. The van der Waals surface area contributed by atoms with E-state index in [1.807, 2.05) is 31.2 Å². The summed E-state index contributed by atoms with van der Waals surface area (Å²) in [6.07, 6.45) is 3.08. The van der Waals surface area contributed by atoms with Crippen molar-refractivity contribution in [2.75, 3.05) is 13.7 Å². The minimum atomic E-state index is -0.727. The van der Waals surface area contributed by atoms with Gasteiger partial charge in [0.2, 0.25) is 5.88 Å². The minimum absolute atomic E-state index is 0.194. The minimum Gasteiger partial charge on any atom is -0.476 e. The molecule has 0 aliphatic rings. The third-order valence-corrected chi connectivity index (χ3v) is 3.81. The van der Waals surface area contributed by atoms with Crippen LogP contribution in [0.25, 0.3) is 11.1 Å². The van der Waals surface area contributed by atoms with E-state index >= 15 is 0 Å². The van der Waals surface area contributed by atoms with Gasteiger partial charge in [-0.2, -0.15) is 0 Å². The van der Waals surface area contributed by atoms with E-state index in [1.165, 1.54) is 13.3 Å². The van der Waals surface area contributed by atoms with Crippen molar-refractivity contribution in [2.45, 2.75) is 20.8 Å². The van der Waals surface area contributed by atoms with Gasteiger partial charge in [-0.1, -0.05) is 18.2 Å². The number of nitrogens with zero attached hydrogens (tertiary/aromatic N) is 1. The molecule has 2 rings (SSSR count). The number of carbonyl (C=O) groups excluding carboxylic acids is 1. The summed E-state index contributed by atoms with van der Waals surface area (Å²) < 4.78 is 10.4. The monoisotopic (exact) mass is 326 g/mol. The van der Waals surface area contributed by atoms with Crippen molar-refractivity contribution in [1.29, 1.82) is 5.41 Å². The first-order valence-corrected chi connectivity index (χ1v) is 7.66. The van der Waals surface area contributed by atoms with Crippen molar-refractivity contribution >= 4 is 12.2 Å². The van der Waals surface area contributed by atoms with E-state index in [1.54, 1.807) is 26.1 Å². The zero-order valence-corrected chi connectivity index (χ0v) is 14.4. The van der Waals surface area contributed by atoms with E-state index in [0.29, 0.717) is 5.88 Å². The lowest BCUT2D eigenvalue weighted by Gasteiger charge is -2.21. The molecule has 0 aliphatic carbocycles. The Balaban J connectivity index is 2.09. The van der Waals surface area contributed by atoms with Gasteiger partial charge in [-0.3, -0.25) is 4.79 Å². The number of methoxy groups -OCH3 is 1. The predicted octanol–water partition coefficient (Wildman–Crippen LogP) is 3.63. The molecule has 0 radical (unpaired) electrons. The quantitative estimate of drug-likeness (QED) is 0.650. The van der Waals surface area contributed by atoms with Crippen molar-refractivity contribution in [3.8, 4) is 17.0 Å². The SMILES string of the molecule is COC(=O)C(C)(C)COc1ccc(-c2ccc(C=N)c(C)c2)cn1. The number of aryl methyl sites for hydroxylation is 1. The molecule has 0 saturated carbocycles. The van der Waals surface area contributed by atoms with Gasteiger partial charge in [-0.25, -0.2) is 4.98 Å². The van der Waals surface area contributed by atoms with Gasteiger partial charge in [0.05, 0.1) is 12.5 Å². The Kier molecular flexibility index (Phi) is 5.34. The molecule has 0 saturated heterocycles. The lowest BCUT2D eigenvalue weighted by atomic mass is 9.95. The van der Waals surface area contributed by atoms with Crippen LogP contribution < -0.4 is 4.74 Å². The summed E-state index contributed by atoms with van der Waals surface area (Å²) in [4.78, 5) is 15.9. The van der Waals surface area contributed by atoms with Crippen molar-refractivity contribution in [2.24, 2.45) is 5.41 Å². The number of pyridine rings is 1. The molecular formula is C19H22N2O3. The Hall–Kier alpha value is -2.69. The summed E-state index contributed by atoms with van der Waals surface area (Å²) in [6, 6.07) is 9.61. The van der Waals surface area contributed by atoms with Crippen LogP contribution in [0, 0.1) is 17.7 Å². The van der Waals surface area contributed by atoms with Crippen LogP contribution in [0.4, 0.5) is 0 Å². The second-order valence-corrected chi connectivity index (χ2v) is 6.26. The van der Waals surface area contributed by atoms with Gasteiger partial charge >= 0.3 is 5.97 Å². The van der Waals surface area contributed by atoms with Crippen LogP contribution in [0.3, 0.4) is 0 Å². The topological polar surface area (TPSA) is 72.3 Å². The van der Waals surface area contributed by atoms with Crippen LogP contribution in [0.15, 0.2) is 36.5 Å². The van der Waals surface area contributed by atoms with E-state index in [0.717, 1.165) is 22.3 Å². The van der Waals surface area contributed by atoms with Crippen LogP contribution in [-0.4, -0.2) is 30.9 Å². The van der Waals surface area contributed by atoms with E-state index < -0.39 is 5.41 Å². The molecule has 1 heterocycles. The maximum Gasteiger partial charge on any atom is 0.314 e. The number of hydrogen-bond acceptors (Lipinski definition) is 5. The highest BCUT2D eigenvalue weighted by Crippen LogP contribution is 2.24. The number of aromatic nitrogens is 1. The van der Waals surface area contributed by atoms with Crippen molar-refractivity contribution < 1.29 is 14.3 Å². The highest BCUT2D eigenvalue weighted by atomic mass is 16.5. The van der Waals surface area contributed by atoms with E-state index in [9.17, 15) is 4.79 Å². The summed E-state index contributed by atoms with van der Waals surface area (Å²) in [5.41, 5.74) is 3.22. The molecule has 1 aromatic heterocycles. The summed E-state index contributed by atoms with van der Waals surface area (Å²) in [5, 5.41) is 7.34. The number of ether oxygens (including phenoxy) is 2. The molecule has 0 spiro atoms. The fourth-order valence-electron chi connectivity index (χ4n) is 2.24. The molecule has 0 fully saturated rings. The zero-order valence-electron chi connectivity index (χ0n) is 14.4. The fraction of sp³-hybridized carbons (Fsp3) is 0.316. The number of carbonyl (C=O) groups is 1. The summed E-state index contributed by atoms with van der Waals surface area (Å²) in [6.45, 7) is 5.70. The second kappa shape index (κ2) is 7.25. The van der Waals surface area contributed by atoms with Crippen LogP contribution in [0.5, 0.6) is 5.88 Å². The molecule has 24 heavy (non-hydrogen) atoms. The van der Waals surface area contributed by atoms with Gasteiger partial charge in [-0.15, -0.1) is 0 Å². The lowest BCUT2D eigenvalue weighted by molar-refractivity contribution is -0.152. The maximum absolute atomic E-state index is 11.6. The normalized spacial score (nSPS) is 11.0. The number of nitrogens with one attached hydrogen (secondary N) is 1. The molecule has 1 N–H and O–H groups in total. The average molecular weight is 326 g/mol. The fourth-order valence-corrected chi connectivity index (χ4v) is 2.24. The van der Waals surface area contributed by atoms with Gasteiger partial charge in [0.1, 0.15) is 6.61 Å². The van der Waals surface area contributed by atoms with Gasteiger partial charge in [0, 0.05) is 24.0 Å². The summed E-state index contributed by atoms with van der Waals surface area (Å²) in [7, 11) is 1.36. The van der Waals surface area contributed by atoms with Crippen molar-refractivity contribution in [3.63, 3.8) is 0 Å². The molecule has 5 heteroatoms. The van der Waals surface area contributed by atoms with Crippen LogP contribution in [0.2, 0.25) is 0 Å². The maximum atomic E-state index is 11.6. The van der Waals surface area contributed by atoms with Crippen molar-refractivity contribution in [1.82, 2.24) is 4.98 Å². The molecule has 126 valence electrons. The largest absolute Gasteiger partial charge is 0.476 e. The van der Waals surface area contributed by atoms with Gasteiger partial charge in [-0.05, 0) is 43.5 Å². The summed E-state index contributed by atoms with van der Waals surface area (Å²) >= 11 is 0. The Morgan fingerprint density at radius 3 is 2.50 bits per heavy atom. The Morgan fingerprint density at radius 2 is 1.96 bits per heavy atom. The second-order valence-electron chi connectivity index (χ2n) is 6.26. The first-order valence-electron chi connectivity index (χ1n) is 7.66. The molecule has 0 amide bonds. The van der Waals surface area contributed by atoms with Crippen LogP contribution >= 0.6 is 0 Å². The summed E-state index contributed by atoms with van der Waals surface area (Å²) in [5.74, 6) is 0.143. The molecule has 5 nitrogen and oxygen atoms in total. The number of rotatable bonds is 6. The molecule has 0 aliphatic heterocycles. The highest BCUT2D eigenvalue weighted by molar-refractivity contribution is 5.81. The number of hydrogen-bond donors (Lipinski definition) is 1. The average Bonchev–Trinajstić information content (AvgIpc) is 2.59. The Labute approximate surface area is 142 Å². The molecule has 0 unspecified atom stereocenters. The van der Waals surface area contributed by atoms with E-state index in [2.05, 4.69) is 4.98 Å². The first kappa shape index (κ1) is 17.7. The number of benzene rings is 1. The third kappa shape index (κ3) is 3.98. The molecule has 1 aromatic carbocycles. The van der Waals surface area contributed by atoms with Crippen molar-refractivity contribution in [3.05, 3.63) is 47.7 Å². The van der Waals surface area contributed by atoms with Gasteiger partial charge in [0.15, 0.2) is 0 Å². The Bertz CT molecular complexity index is 737. The van der Waals surface area contributed by atoms with Crippen LogP contribution in [-0.2, 0) is 9.53 Å². The predicted molar refractivity (Wildman–Crippen MR) is 93.6 cm³/mol. The van der Waals surface area contributed by atoms with Crippen LogP contribution in [0.1, 0.15) is 25.0 Å². The van der Waals surface area contributed by atoms with E-state index in [-0.39, 0.29) is 12.6 Å². The lowest BCUT2D eigenvalue weighted by Crippen LogP contribution is -2.32. The zero-order chi connectivity index (χ0) is 17.7.